The standard InChI is InChI=1S/C10H20O5S.C9H19NO4S/c1-4-10(2,3)9(11)15-7-5-6-8-16(12,13)14;1-5-9(3,4)8(11)10-7(2)6-15(12,13)14/h4-8H2,1-3H3,(H,12,13,14);7H,5-6H2,1-4H3,(H,10,11)(H,12,13,14). The van der Waals surface area contributed by atoms with E-state index in [0.717, 1.165) is 0 Å². The van der Waals surface area contributed by atoms with Gasteiger partial charge in [-0.3, -0.25) is 18.7 Å². The summed E-state index contributed by atoms with van der Waals surface area (Å²) >= 11 is 0. The van der Waals surface area contributed by atoms with Crippen molar-refractivity contribution in [3.63, 3.8) is 0 Å². The molecule has 31 heavy (non-hydrogen) atoms. The topological polar surface area (TPSA) is 164 Å². The Labute approximate surface area is 187 Å². The molecule has 1 unspecified atom stereocenters. The van der Waals surface area contributed by atoms with Crippen LogP contribution >= 0.6 is 0 Å². The largest absolute Gasteiger partial charge is 0.465 e. The van der Waals surface area contributed by atoms with Crippen LogP contribution in [0.5, 0.6) is 0 Å². The Bertz CT molecular complexity index is 772. The van der Waals surface area contributed by atoms with Crippen LogP contribution in [-0.4, -0.2) is 62.0 Å². The Hall–Kier alpha value is -1.24. The summed E-state index contributed by atoms with van der Waals surface area (Å²) in [6, 6.07) is -0.585. The molecule has 0 heterocycles. The van der Waals surface area contributed by atoms with Gasteiger partial charge in [0, 0.05) is 11.5 Å². The third kappa shape index (κ3) is 17.0. The predicted molar refractivity (Wildman–Crippen MR) is 119 cm³/mol. The van der Waals surface area contributed by atoms with Gasteiger partial charge in [-0.1, -0.05) is 27.7 Å². The molecule has 1 atom stereocenters. The highest BCUT2D eigenvalue weighted by molar-refractivity contribution is 7.86. The van der Waals surface area contributed by atoms with Crippen LogP contribution in [-0.2, 0) is 34.6 Å². The molecule has 0 fully saturated rings. The third-order valence-electron chi connectivity index (χ3n) is 4.80. The van der Waals surface area contributed by atoms with Crippen molar-refractivity contribution < 1.29 is 40.3 Å². The molecule has 0 saturated carbocycles. The number of rotatable bonds is 12. The molecule has 0 aromatic rings. The van der Waals surface area contributed by atoms with Crippen molar-refractivity contribution in [1.29, 1.82) is 0 Å². The highest BCUT2D eigenvalue weighted by Crippen LogP contribution is 2.21. The van der Waals surface area contributed by atoms with Crippen molar-refractivity contribution >= 4 is 32.1 Å². The SMILES string of the molecule is CCC(C)(C)C(=O)NC(C)CS(=O)(=O)O.CCC(C)(C)C(=O)OCCCCS(=O)(=O)O. The molecule has 1 amide bonds. The molecule has 0 spiro atoms. The van der Waals surface area contributed by atoms with E-state index in [1.165, 1.54) is 6.92 Å². The van der Waals surface area contributed by atoms with Crippen LogP contribution in [0.2, 0.25) is 0 Å². The summed E-state index contributed by atoms with van der Waals surface area (Å²) in [7, 11) is -7.93. The van der Waals surface area contributed by atoms with E-state index in [0.29, 0.717) is 25.7 Å². The first-order chi connectivity index (χ1) is 13.8. The average molecular weight is 490 g/mol. The molecule has 0 aliphatic carbocycles. The molecule has 3 N–H and O–H groups in total. The van der Waals surface area contributed by atoms with Gasteiger partial charge in [0.2, 0.25) is 5.91 Å². The lowest BCUT2D eigenvalue weighted by atomic mass is 9.89. The fraction of sp³-hybridized carbons (Fsp3) is 0.895. The average Bonchev–Trinajstić information content (AvgIpc) is 2.58. The molecule has 0 aliphatic heterocycles. The minimum Gasteiger partial charge on any atom is -0.465 e. The van der Waals surface area contributed by atoms with E-state index in [9.17, 15) is 26.4 Å². The van der Waals surface area contributed by atoms with Gasteiger partial charge >= 0.3 is 5.97 Å². The van der Waals surface area contributed by atoms with Gasteiger partial charge in [0.25, 0.3) is 20.2 Å². The van der Waals surface area contributed by atoms with Crippen molar-refractivity contribution in [3.8, 4) is 0 Å². The lowest BCUT2D eigenvalue weighted by Crippen LogP contribution is -2.44. The second-order valence-corrected chi connectivity index (χ2v) is 11.8. The van der Waals surface area contributed by atoms with E-state index in [-0.39, 0.29) is 24.2 Å². The lowest BCUT2D eigenvalue weighted by Gasteiger charge is -2.24. The van der Waals surface area contributed by atoms with Gasteiger partial charge in [0.1, 0.15) is 0 Å². The first kappa shape index (κ1) is 31.9. The second kappa shape index (κ2) is 13.3. The summed E-state index contributed by atoms with van der Waals surface area (Å²) < 4.78 is 63.9. The van der Waals surface area contributed by atoms with Gasteiger partial charge in [-0.25, -0.2) is 0 Å². The fourth-order valence-electron chi connectivity index (χ4n) is 1.83. The summed E-state index contributed by atoms with van der Waals surface area (Å²) in [5.74, 6) is -1.23. The van der Waals surface area contributed by atoms with Crippen molar-refractivity contribution in [3.05, 3.63) is 0 Å². The molecule has 0 aromatic carbocycles. The number of esters is 1. The molecule has 0 rings (SSSR count). The van der Waals surface area contributed by atoms with Crippen molar-refractivity contribution in [1.82, 2.24) is 5.32 Å². The van der Waals surface area contributed by atoms with E-state index in [4.69, 9.17) is 13.8 Å². The van der Waals surface area contributed by atoms with E-state index in [1.54, 1.807) is 27.7 Å². The molecule has 12 heteroatoms. The molecule has 0 aromatic heterocycles. The second-order valence-electron chi connectivity index (χ2n) is 8.73. The first-order valence-electron chi connectivity index (χ1n) is 10.2. The highest BCUT2D eigenvalue weighted by atomic mass is 32.2. The molecular formula is C19H39NO9S2. The van der Waals surface area contributed by atoms with Crippen LogP contribution in [0, 0.1) is 10.8 Å². The monoisotopic (exact) mass is 489 g/mol. The number of nitrogens with one attached hydrogen (secondary N) is 1. The molecule has 186 valence electrons. The Morgan fingerprint density at radius 1 is 0.903 bits per heavy atom. The maximum atomic E-state index is 11.6. The maximum Gasteiger partial charge on any atom is 0.311 e. The van der Waals surface area contributed by atoms with E-state index < -0.39 is 42.9 Å². The van der Waals surface area contributed by atoms with Gasteiger partial charge in [-0.2, -0.15) is 16.8 Å². The van der Waals surface area contributed by atoms with Crippen LogP contribution in [0.15, 0.2) is 0 Å². The zero-order valence-electron chi connectivity index (χ0n) is 19.6. The predicted octanol–water partition coefficient (Wildman–Crippen LogP) is 2.45. The maximum absolute atomic E-state index is 11.6. The Balaban J connectivity index is 0. The number of hydrogen-bond acceptors (Lipinski definition) is 7. The van der Waals surface area contributed by atoms with Crippen LogP contribution in [0.3, 0.4) is 0 Å². The summed E-state index contributed by atoms with van der Waals surface area (Å²) in [6.45, 7) is 12.7. The van der Waals surface area contributed by atoms with Crippen LogP contribution in [0.25, 0.3) is 0 Å². The third-order valence-corrected chi connectivity index (χ3v) is 6.53. The van der Waals surface area contributed by atoms with Gasteiger partial charge in [0.15, 0.2) is 0 Å². The number of amides is 1. The number of unbranched alkanes of at least 4 members (excludes halogenated alkanes) is 1. The number of carbonyl (C=O) groups excluding carboxylic acids is 2. The Morgan fingerprint density at radius 2 is 1.39 bits per heavy atom. The quantitative estimate of drug-likeness (QED) is 0.212. The molecule has 0 bridgehead atoms. The molecular weight excluding hydrogens is 450 g/mol. The minimum absolute atomic E-state index is 0.192. The van der Waals surface area contributed by atoms with Crippen molar-refractivity contribution in [2.45, 2.75) is 80.2 Å². The number of ether oxygens (including phenoxy) is 1. The summed E-state index contributed by atoms with van der Waals surface area (Å²) in [5.41, 5.74) is -1.02. The molecule has 0 radical (unpaired) electrons. The van der Waals surface area contributed by atoms with Gasteiger partial charge in [-0.15, -0.1) is 0 Å². The van der Waals surface area contributed by atoms with Gasteiger partial charge in [0.05, 0.1) is 23.5 Å². The Kier molecular flexibility index (Phi) is 13.7. The van der Waals surface area contributed by atoms with Crippen LogP contribution < -0.4 is 5.32 Å². The summed E-state index contributed by atoms with van der Waals surface area (Å²) in [5, 5.41) is 2.55. The van der Waals surface area contributed by atoms with E-state index >= 15 is 0 Å². The zero-order valence-corrected chi connectivity index (χ0v) is 21.2. The minimum atomic E-state index is -4.04. The first-order valence-corrected chi connectivity index (χ1v) is 13.4. The summed E-state index contributed by atoms with van der Waals surface area (Å²) in [4.78, 5) is 23.1. The van der Waals surface area contributed by atoms with Crippen LogP contribution in [0.4, 0.5) is 0 Å². The van der Waals surface area contributed by atoms with Crippen LogP contribution in [0.1, 0.15) is 74.1 Å². The molecule has 0 aliphatic rings. The van der Waals surface area contributed by atoms with E-state index in [1.807, 2.05) is 13.8 Å². The molecule has 0 saturated heterocycles. The zero-order chi connectivity index (χ0) is 25.1. The lowest BCUT2D eigenvalue weighted by molar-refractivity contribution is -0.154. The molecule has 10 nitrogen and oxygen atoms in total. The number of carbonyl (C=O) groups is 2. The van der Waals surface area contributed by atoms with Gasteiger partial charge < -0.3 is 10.1 Å². The fourth-order valence-corrected chi connectivity index (χ4v) is 3.11. The number of hydrogen-bond donors (Lipinski definition) is 3. The van der Waals surface area contributed by atoms with E-state index in [2.05, 4.69) is 5.32 Å². The Morgan fingerprint density at radius 3 is 1.77 bits per heavy atom. The van der Waals surface area contributed by atoms with Gasteiger partial charge in [-0.05, 0) is 46.5 Å². The van der Waals surface area contributed by atoms with Crippen molar-refractivity contribution in [2.24, 2.45) is 10.8 Å². The highest BCUT2D eigenvalue weighted by Gasteiger charge is 2.27. The normalized spacial score (nSPS) is 13.6. The smallest absolute Gasteiger partial charge is 0.311 e. The summed E-state index contributed by atoms with van der Waals surface area (Å²) in [6.07, 6.45) is 2.08. The van der Waals surface area contributed by atoms with Crippen molar-refractivity contribution in [2.75, 3.05) is 18.1 Å².